The number of nitrogens with zero attached hydrogens (tertiary/aromatic N) is 1. The molecular weight excluding hydrogens is 235 g/mol. The largest absolute Gasteiger partial charge is 0.494 e. The Labute approximate surface area is 105 Å². The minimum atomic E-state index is -0.548. The number of rotatable bonds is 5. The number of nitrogens with two attached hydrogens (primary N) is 1. The first-order valence-corrected chi connectivity index (χ1v) is 5.93. The average Bonchev–Trinajstić information content (AvgIpc) is 2.62. The van der Waals surface area contributed by atoms with E-state index in [1.807, 2.05) is 19.1 Å². The van der Waals surface area contributed by atoms with Gasteiger partial charge in [-0.05, 0) is 13.0 Å². The number of aromatic nitrogens is 1. The van der Waals surface area contributed by atoms with E-state index in [1.54, 1.807) is 6.07 Å². The van der Waals surface area contributed by atoms with E-state index in [1.165, 1.54) is 4.57 Å². The van der Waals surface area contributed by atoms with E-state index in [9.17, 15) is 9.50 Å². The van der Waals surface area contributed by atoms with Crippen molar-refractivity contribution in [3.8, 4) is 5.88 Å². The van der Waals surface area contributed by atoms with Crippen LogP contribution >= 0.6 is 0 Å². The van der Waals surface area contributed by atoms with E-state index in [4.69, 9.17) is 10.5 Å². The van der Waals surface area contributed by atoms with E-state index in [0.717, 1.165) is 11.1 Å². The van der Waals surface area contributed by atoms with Crippen molar-refractivity contribution in [3.63, 3.8) is 0 Å². The van der Waals surface area contributed by atoms with Gasteiger partial charge in [-0.15, -0.1) is 0 Å². The second kappa shape index (κ2) is 5.27. The Kier molecular flexibility index (Phi) is 3.72. The van der Waals surface area contributed by atoms with Crippen LogP contribution in [0.3, 0.4) is 0 Å². The molecule has 0 unspecified atom stereocenters. The van der Waals surface area contributed by atoms with Gasteiger partial charge in [0, 0.05) is 17.7 Å². The lowest BCUT2D eigenvalue weighted by Crippen LogP contribution is -2.06. The summed E-state index contributed by atoms with van der Waals surface area (Å²) in [5, 5.41) is 11.5. The van der Waals surface area contributed by atoms with Gasteiger partial charge in [0.2, 0.25) is 5.88 Å². The molecule has 0 fully saturated rings. The predicted molar refractivity (Wildman–Crippen MR) is 69.3 cm³/mol. The number of ether oxygens (including phenoxy) is 1. The summed E-state index contributed by atoms with van der Waals surface area (Å²) in [6.07, 6.45) is 0. The van der Waals surface area contributed by atoms with Crippen molar-refractivity contribution < 1.29 is 14.2 Å². The molecule has 0 radical (unpaired) electrons. The van der Waals surface area contributed by atoms with Crippen LogP contribution in [0.15, 0.2) is 18.2 Å². The Bertz CT molecular complexity index is 551. The molecule has 0 aliphatic rings. The molecule has 2 rings (SSSR count). The maximum atomic E-state index is 12.6. The minimum absolute atomic E-state index is 0.00968. The van der Waals surface area contributed by atoms with Gasteiger partial charge >= 0.3 is 0 Å². The Morgan fingerprint density at radius 3 is 2.89 bits per heavy atom. The first-order valence-electron chi connectivity index (χ1n) is 5.93. The monoisotopic (exact) mass is 252 g/mol. The lowest BCUT2D eigenvalue weighted by atomic mass is 10.1. The third kappa shape index (κ3) is 2.01. The Morgan fingerprint density at radius 1 is 1.44 bits per heavy atom. The first-order chi connectivity index (χ1) is 8.70. The van der Waals surface area contributed by atoms with Crippen LogP contribution in [0.2, 0.25) is 0 Å². The van der Waals surface area contributed by atoms with Gasteiger partial charge in [-0.25, -0.2) is 4.39 Å². The third-order valence-electron chi connectivity index (χ3n) is 2.96. The molecule has 18 heavy (non-hydrogen) atoms. The summed E-state index contributed by atoms with van der Waals surface area (Å²) >= 11 is 0. The highest BCUT2D eigenvalue weighted by Crippen LogP contribution is 2.35. The van der Waals surface area contributed by atoms with Crippen LogP contribution < -0.4 is 5.73 Å². The van der Waals surface area contributed by atoms with Gasteiger partial charge in [-0.2, -0.15) is 0 Å². The summed E-state index contributed by atoms with van der Waals surface area (Å²) in [5.41, 5.74) is 7.10. The topological polar surface area (TPSA) is 60.4 Å². The highest BCUT2D eigenvalue weighted by atomic mass is 19.1. The zero-order valence-electron chi connectivity index (χ0n) is 10.3. The molecule has 0 bridgehead atoms. The number of nitrogen functional groups attached to an aromatic ring is 1. The number of hydrogen-bond donors (Lipinski definition) is 2. The maximum Gasteiger partial charge on any atom is 0.201 e. The van der Waals surface area contributed by atoms with Crippen molar-refractivity contribution in [3.05, 3.63) is 23.9 Å². The molecular formula is C13H17FN2O2. The van der Waals surface area contributed by atoms with E-state index in [-0.39, 0.29) is 12.4 Å². The second-order valence-electron chi connectivity index (χ2n) is 4.02. The van der Waals surface area contributed by atoms with Crippen molar-refractivity contribution >= 4 is 16.5 Å². The summed E-state index contributed by atoms with van der Waals surface area (Å²) in [5.74, 6) is 0.00968. The van der Waals surface area contributed by atoms with Crippen LogP contribution in [0.4, 0.5) is 10.1 Å². The summed E-state index contributed by atoms with van der Waals surface area (Å²) in [7, 11) is 0. The van der Waals surface area contributed by atoms with Gasteiger partial charge in [0.05, 0.1) is 24.2 Å². The number of hydrogen-bond acceptors (Lipinski definition) is 3. The molecule has 1 aromatic carbocycles. The highest BCUT2D eigenvalue weighted by molar-refractivity contribution is 5.99. The summed E-state index contributed by atoms with van der Waals surface area (Å²) in [4.78, 5) is 0. The number of alkyl halides is 1. The van der Waals surface area contributed by atoms with Gasteiger partial charge in [-0.1, -0.05) is 12.1 Å². The number of halogens is 1. The summed E-state index contributed by atoms with van der Waals surface area (Å²) in [6, 6.07) is 5.38. The van der Waals surface area contributed by atoms with Gasteiger partial charge in [0.25, 0.3) is 0 Å². The molecule has 0 spiro atoms. The summed E-state index contributed by atoms with van der Waals surface area (Å²) in [6.45, 7) is 2.33. The van der Waals surface area contributed by atoms with Crippen LogP contribution in [-0.2, 0) is 17.9 Å². The van der Waals surface area contributed by atoms with Gasteiger partial charge in [-0.3, -0.25) is 0 Å². The first kappa shape index (κ1) is 12.7. The van der Waals surface area contributed by atoms with Crippen molar-refractivity contribution in [2.24, 2.45) is 0 Å². The molecule has 0 saturated carbocycles. The van der Waals surface area contributed by atoms with E-state index >= 15 is 0 Å². The molecule has 0 aliphatic heterocycles. The van der Waals surface area contributed by atoms with Gasteiger partial charge in [0.1, 0.15) is 6.67 Å². The highest BCUT2D eigenvalue weighted by Gasteiger charge is 2.17. The van der Waals surface area contributed by atoms with Gasteiger partial charge < -0.3 is 20.1 Å². The SMILES string of the molecule is CCOCc1c2cccc(N)c2c(O)n1CCF. The molecule has 0 atom stereocenters. The van der Waals surface area contributed by atoms with Crippen molar-refractivity contribution in [1.82, 2.24) is 4.57 Å². The van der Waals surface area contributed by atoms with Crippen molar-refractivity contribution in [2.75, 3.05) is 19.0 Å². The second-order valence-corrected chi connectivity index (χ2v) is 4.02. The average molecular weight is 252 g/mol. The molecule has 0 aliphatic carbocycles. The maximum absolute atomic E-state index is 12.6. The van der Waals surface area contributed by atoms with Crippen LogP contribution in [0, 0.1) is 0 Å². The Hall–Kier alpha value is -1.75. The lowest BCUT2D eigenvalue weighted by Gasteiger charge is -2.08. The molecule has 3 N–H and O–H groups in total. The molecule has 0 amide bonds. The molecule has 98 valence electrons. The van der Waals surface area contributed by atoms with Crippen LogP contribution in [0.5, 0.6) is 5.88 Å². The number of aromatic hydroxyl groups is 1. The van der Waals surface area contributed by atoms with E-state index < -0.39 is 6.67 Å². The normalized spacial score (nSPS) is 11.2. The molecule has 4 nitrogen and oxygen atoms in total. The standard InChI is InChI=1S/C13H17FN2O2/c1-2-18-8-11-9-4-3-5-10(15)12(9)13(17)16(11)7-6-14/h3-5,17H,2,6-8,15H2,1H3. The Balaban J connectivity index is 2.63. The molecule has 0 saturated heterocycles. The Morgan fingerprint density at radius 2 is 2.22 bits per heavy atom. The molecule has 2 aromatic rings. The molecule has 5 heteroatoms. The fourth-order valence-electron chi connectivity index (χ4n) is 2.15. The fourth-order valence-corrected chi connectivity index (χ4v) is 2.15. The van der Waals surface area contributed by atoms with Crippen LogP contribution in [-0.4, -0.2) is 23.0 Å². The summed E-state index contributed by atoms with van der Waals surface area (Å²) < 4.78 is 19.5. The lowest BCUT2D eigenvalue weighted by molar-refractivity contribution is 0.128. The van der Waals surface area contributed by atoms with E-state index in [0.29, 0.717) is 24.3 Å². The molecule has 1 aromatic heterocycles. The van der Waals surface area contributed by atoms with E-state index in [2.05, 4.69) is 0 Å². The van der Waals surface area contributed by atoms with Crippen LogP contribution in [0.1, 0.15) is 12.6 Å². The predicted octanol–water partition coefficient (Wildman–Crippen LogP) is 2.44. The number of anilines is 1. The van der Waals surface area contributed by atoms with Crippen LogP contribution in [0.25, 0.3) is 10.8 Å². The number of fused-ring (bicyclic) bond motifs is 1. The minimum Gasteiger partial charge on any atom is -0.494 e. The number of benzene rings is 1. The van der Waals surface area contributed by atoms with Crippen molar-refractivity contribution in [2.45, 2.75) is 20.1 Å². The smallest absolute Gasteiger partial charge is 0.201 e. The molecule has 1 heterocycles. The quantitative estimate of drug-likeness (QED) is 0.803. The zero-order chi connectivity index (χ0) is 13.1. The third-order valence-corrected chi connectivity index (χ3v) is 2.96. The fraction of sp³-hybridized carbons (Fsp3) is 0.385. The zero-order valence-corrected chi connectivity index (χ0v) is 10.3. The van der Waals surface area contributed by atoms with Crippen molar-refractivity contribution in [1.29, 1.82) is 0 Å². The van der Waals surface area contributed by atoms with Gasteiger partial charge in [0.15, 0.2) is 0 Å².